The molecule has 0 aromatic carbocycles. The number of hydrogen-bond acceptors (Lipinski definition) is 3. The van der Waals surface area contributed by atoms with E-state index in [-0.39, 0.29) is 12.5 Å². The molecule has 1 rings (SSSR count). The Morgan fingerprint density at radius 3 is 2.53 bits per heavy atom. The minimum Gasteiger partial charge on any atom is -0.481 e. The van der Waals surface area contributed by atoms with Gasteiger partial charge in [0.25, 0.3) is 0 Å². The maximum absolute atomic E-state index is 11.7. The van der Waals surface area contributed by atoms with Crippen molar-refractivity contribution in [2.24, 2.45) is 5.92 Å². The Kier molecular flexibility index (Phi) is 6.08. The first-order chi connectivity index (χ1) is 8.93. The van der Waals surface area contributed by atoms with E-state index in [1.54, 1.807) is 0 Å². The molecule has 1 fully saturated rings. The smallest absolute Gasteiger partial charge is 0.315 e. The molecular formula is C13H24N2O4. The molecule has 6 heteroatoms. The summed E-state index contributed by atoms with van der Waals surface area (Å²) in [6, 6.07) is -0.311. The molecule has 3 N–H and O–H groups in total. The highest BCUT2D eigenvalue weighted by atomic mass is 16.5. The fourth-order valence-corrected chi connectivity index (χ4v) is 2.08. The van der Waals surface area contributed by atoms with Crippen LogP contribution in [-0.2, 0) is 9.53 Å². The van der Waals surface area contributed by atoms with Crippen LogP contribution in [0, 0.1) is 5.92 Å². The van der Waals surface area contributed by atoms with Crippen LogP contribution in [0.1, 0.15) is 39.5 Å². The molecule has 0 saturated heterocycles. The monoisotopic (exact) mass is 272 g/mol. The lowest BCUT2D eigenvalue weighted by molar-refractivity contribution is -0.139. The number of carbonyl (C=O) groups excluding carboxylic acids is 1. The van der Waals surface area contributed by atoms with E-state index in [0.717, 1.165) is 19.3 Å². The third-order valence-corrected chi connectivity index (χ3v) is 3.16. The quantitative estimate of drug-likeness (QED) is 0.582. The van der Waals surface area contributed by atoms with Gasteiger partial charge in [-0.2, -0.15) is 0 Å². The Labute approximate surface area is 113 Å². The lowest BCUT2D eigenvalue weighted by Gasteiger charge is -2.41. The van der Waals surface area contributed by atoms with Crippen molar-refractivity contribution in [1.82, 2.24) is 10.6 Å². The summed E-state index contributed by atoms with van der Waals surface area (Å²) < 4.78 is 5.34. The van der Waals surface area contributed by atoms with E-state index < -0.39 is 11.5 Å². The van der Waals surface area contributed by atoms with Gasteiger partial charge in [-0.1, -0.05) is 13.8 Å². The minimum absolute atomic E-state index is 0.00965. The molecule has 0 aromatic heterocycles. The molecular weight excluding hydrogens is 248 g/mol. The van der Waals surface area contributed by atoms with Crippen LogP contribution in [0.25, 0.3) is 0 Å². The van der Waals surface area contributed by atoms with Gasteiger partial charge in [-0.05, 0) is 25.2 Å². The van der Waals surface area contributed by atoms with Gasteiger partial charge >= 0.3 is 12.0 Å². The van der Waals surface area contributed by atoms with Crippen molar-refractivity contribution in [3.05, 3.63) is 0 Å². The molecule has 0 atom stereocenters. The predicted octanol–water partition coefficient (Wildman–Crippen LogP) is 1.36. The molecule has 19 heavy (non-hydrogen) atoms. The number of carboxylic acids is 1. The van der Waals surface area contributed by atoms with Crippen molar-refractivity contribution < 1.29 is 19.4 Å². The van der Waals surface area contributed by atoms with Crippen LogP contribution in [0.3, 0.4) is 0 Å². The first kappa shape index (κ1) is 15.8. The Hall–Kier alpha value is -1.30. The van der Waals surface area contributed by atoms with E-state index in [0.29, 0.717) is 25.7 Å². The van der Waals surface area contributed by atoms with Gasteiger partial charge in [0.2, 0.25) is 0 Å². The fraction of sp³-hybridized carbons (Fsp3) is 0.846. The predicted molar refractivity (Wildman–Crippen MR) is 71.0 cm³/mol. The van der Waals surface area contributed by atoms with Crippen LogP contribution in [0.4, 0.5) is 4.79 Å². The molecule has 0 aliphatic heterocycles. The van der Waals surface area contributed by atoms with Crippen molar-refractivity contribution in [2.45, 2.75) is 45.1 Å². The van der Waals surface area contributed by atoms with E-state index in [9.17, 15) is 9.59 Å². The Morgan fingerprint density at radius 2 is 2.05 bits per heavy atom. The van der Waals surface area contributed by atoms with Crippen molar-refractivity contribution >= 4 is 12.0 Å². The SMILES string of the molecule is CC(C)COCCNC(=O)NC1(CC(=O)O)CCC1. The van der Waals surface area contributed by atoms with Crippen LogP contribution < -0.4 is 10.6 Å². The zero-order chi connectivity index (χ0) is 14.3. The molecule has 2 amide bonds. The average Bonchev–Trinajstić information content (AvgIpc) is 2.24. The number of urea groups is 1. The van der Waals surface area contributed by atoms with Crippen LogP contribution in [0.15, 0.2) is 0 Å². The van der Waals surface area contributed by atoms with Crippen LogP contribution >= 0.6 is 0 Å². The number of amides is 2. The molecule has 6 nitrogen and oxygen atoms in total. The summed E-state index contributed by atoms with van der Waals surface area (Å²) in [4.78, 5) is 22.4. The van der Waals surface area contributed by atoms with E-state index in [2.05, 4.69) is 24.5 Å². The van der Waals surface area contributed by atoms with Crippen molar-refractivity contribution in [1.29, 1.82) is 0 Å². The topological polar surface area (TPSA) is 87.7 Å². The lowest BCUT2D eigenvalue weighted by Crippen LogP contribution is -2.57. The van der Waals surface area contributed by atoms with Gasteiger partial charge in [-0.3, -0.25) is 4.79 Å². The number of nitrogens with one attached hydrogen (secondary N) is 2. The molecule has 0 heterocycles. The van der Waals surface area contributed by atoms with Gasteiger partial charge in [0.05, 0.1) is 18.6 Å². The average molecular weight is 272 g/mol. The Bertz CT molecular complexity index is 314. The molecule has 1 saturated carbocycles. The molecule has 0 aromatic rings. The van der Waals surface area contributed by atoms with Gasteiger partial charge in [-0.15, -0.1) is 0 Å². The highest BCUT2D eigenvalue weighted by molar-refractivity contribution is 5.77. The van der Waals surface area contributed by atoms with Gasteiger partial charge in [0.1, 0.15) is 0 Å². The second-order valence-electron chi connectivity index (χ2n) is 5.55. The van der Waals surface area contributed by atoms with Crippen LogP contribution in [0.5, 0.6) is 0 Å². The van der Waals surface area contributed by atoms with Gasteiger partial charge in [0, 0.05) is 13.2 Å². The van der Waals surface area contributed by atoms with Crippen LogP contribution in [-0.4, -0.2) is 42.4 Å². The molecule has 0 bridgehead atoms. The lowest BCUT2D eigenvalue weighted by atomic mass is 9.74. The van der Waals surface area contributed by atoms with Gasteiger partial charge in [-0.25, -0.2) is 4.79 Å². The first-order valence-corrected chi connectivity index (χ1v) is 6.79. The molecule has 0 radical (unpaired) electrons. The van der Waals surface area contributed by atoms with E-state index >= 15 is 0 Å². The van der Waals surface area contributed by atoms with Crippen molar-refractivity contribution in [3.8, 4) is 0 Å². The molecule has 1 aliphatic carbocycles. The summed E-state index contributed by atoms with van der Waals surface area (Å²) in [6.07, 6.45) is 2.42. The van der Waals surface area contributed by atoms with Gasteiger partial charge in [0.15, 0.2) is 0 Å². The number of ether oxygens (including phenoxy) is 1. The van der Waals surface area contributed by atoms with Crippen molar-refractivity contribution in [2.75, 3.05) is 19.8 Å². The summed E-state index contributed by atoms with van der Waals surface area (Å²) in [5.41, 5.74) is -0.547. The first-order valence-electron chi connectivity index (χ1n) is 6.79. The zero-order valence-electron chi connectivity index (χ0n) is 11.7. The van der Waals surface area contributed by atoms with Crippen molar-refractivity contribution in [3.63, 3.8) is 0 Å². The molecule has 0 unspecified atom stereocenters. The number of aliphatic carboxylic acids is 1. The standard InChI is InChI=1S/C13H24N2O4/c1-10(2)9-19-7-6-14-12(18)15-13(4-3-5-13)8-11(16)17/h10H,3-9H2,1-2H3,(H,16,17)(H2,14,15,18). The largest absolute Gasteiger partial charge is 0.481 e. The van der Waals surface area contributed by atoms with Gasteiger partial charge < -0.3 is 20.5 Å². The number of carboxylic acid groups (broad SMARTS) is 1. The number of carbonyl (C=O) groups is 2. The third-order valence-electron chi connectivity index (χ3n) is 3.16. The summed E-state index contributed by atoms with van der Waals surface area (Å²) in [5.74, 6) is -0.400. The maximum Gasteiger partial charge on any atom is 0.315 e. The fourth-order valence-electron chi connectivity index (χ4n) is 2.08. The molecule has 1 aliphatic rings. The summed E-state index contributed by atoms with van der Waals surface area (Å²) >= 11 is 0. The van der Waals surface area contributed by atoms with E-state index in [1.807, 2.05) is 0 Å². The zero-order valence-corrected chi connectivity index (χ0v) is 11.7. The van der Waals surface area contributed by atoms with E-state index in [4.69, 9.17) is 9.84 Å². The second-order valence-corrected chi connectivity index (χ2v) is 5.55. The number of hydrogen-bond donors (Lipinski definition) is 3. The maximum atomic E-state index is 11.7. The summed E-state index contributed by atoms with van der Waals surface area (Å²) in [5, 5.41) is 14.3. The Balaban J connectivity index is 2.17. The normalized spacial score (nSPS) is 16.8. The van der Waals surface area contributed by atoms with Crippen LogP contribution in [0.2, 0.25) is 0 Å². The third kappa shape index (κ3) is 5.92. The second kappa shape index (κ2) is 7.33. The molecule has 0 spiro atoms. The minimum atomic E-state index is -0.875. The highest BCUT2D eigenvalue weighted by Gasteiger charge is 2.40. The number of rotatable bonds is 8. The summed E-state index contributed by atoms with van der Waals surface area (Å²) in [6.45, 7) is 5.70. The summed E-state index contributed by atoms with van der Waals surface area (Å²) in [7, 11) is 0. The highest BCUT2D eigenvalue weighted by Crippen LogP contribution is 2.34. The molecule has 110 valence electrons. The Morgan fingerprint density at radius 1 is 1.37 bits per heavy atom. The van der Waals surface area contributed by atoms with E-state index in [1.165, 1.54) is 0 Å².